The highest BCUT2D eigenvalue weighted by Crippen LogP contribution is 2.50. The summed E-state index contributed by atoms with van der Waals surface area (Å²) >= 11 is 0. The Kier molecular flexibility index (Phi) is 2.28. The Bertz CT molecular complexity index is 265. The summed E-state index contributed by atoms with van der Waals surface area (Å²) in [6, 6.07) is 2.37. The number of hydrogen-bond donors (Lipinski definition) is 0. The largest absolute Gasteiger partial charge is 0.198 e. The number of rotatable bonds is 0. The molecule has 0 radical (unpaired) electrons. The van der Waals surface area contributed by atoms with Gasteiger partial charge in [0.25, 0.3) is 0 Å². The molecule has 0 aromatic carbocycles. The van der Waals surface area contributed by atoms with Crippen molar-refractivity contribution in [1.82, 2.24) is 0 Å². The van der Waals surface area contributed by atoms with Crippen LogP contribution in [0.4, 0.5) is 0 Å². The highest BCUT2D eigenvalue weighted by Gasteiger charge is 2.41. The minimum Gasteiger partial charge on any atom is -0.198 e. The Balaban J connectivity index is 2.96. The van der Waals surface area contributed by atoms with Crippen molar-refractivity contribution in [3.8, 4) is 6.07 Å². The van der Waals surface area contributed by atoms with Gasteiger partial charge in [-0.2, -0.15) is 5.26 Å². The number of hydrogen-bond acceptors (Lipinski definition) is 1. The molecule has 0 spiro atoms. The molecule has 72 valence electrons. The summed E-state index contributed by atoms with van der Waals surface area (Å²) in [6.07, 6.45) is 2.10. The maximum Gasteiger partial charge on any atom is 0.0700 e. The Morgan fingerprint density at radius 1 is 1.38 bits per heavy atom. The molecule has 0 amide bonds. The van der Waals surface area contributed by atoms with Gasteiger partial charge in [0.15, 0.2) is 0 Å². The highest BCUT2D eigenvalue weighted by atomic mass is 14.5. The smallest absolute Gasteiger partial charge is 0.0700 e. The Labute approximate surface area is 81.5 Å². The molecule has 1 heteroatoms. The average molecular weight is 177 g/mol. The van der Waals surface area contributed by atoms with Crippen molar-refractivity contribution in [3.63, 3.8) is 0 Å². The summed E-state index contributed by atoms with van der Waals surface area (Å²) < 4.78 is 0. The lowest BCUT2D eigenvalue weighted by Gasteiger charge is -2.44. The third-order valence-corrected chi connectivity index (χ3v) is 3.12. The first-order valence-corrected chi connectivity index (χ1v) is 4.87. The zero-order chi connectivity index (χ0) is 10.3. The topological polar surface area (TPSA) is 23.8 Å². The molecule has 0 heterocycles. The molecule has 0 N–H and O–H groups in total. The molecule has 0 aromatic rings. The molecule has 13 heavy (non-hydrogen) atoms. The van der Waals surface area contributed by atoms with E-state index in [2.05, 4.69) is 40.3 Å². The molecule has 0 saturated heterocycles. The van der Waals surface area contributed by atoms with Gasteiger partial charge in [-0.25, -0.2) is 0 Å². The van der Waals surface area contributed by atoms with E-state index < -0.39 is 0 Å². The SMILES string of the molecule is C=C1C(C#N)CC(C)(C)CC1(C)C. The van der Waals surface area contributed by atoms with Gasteiger partial charge in [-0.05, 0) is 23.7 Å². The second-order valence-corrected chi connectivity index (χ2v) is 5.64. The Morgan fingerprint density at radius 3 is 2.38 bits per heavy atom. The molecule has 1 rings (SSSR count). The van der Waals surface area contributed by atoms with Crippen LogP contribution < -0.4 is 0 Å². The monoisotopic (exact) mass is 177 g/mol. The van der Waals surface area contributed by atoms with Crippen molar-refractivity contribution in [2.75, 3.05) is 0 Å². The zero-order valence-electron chi connectivity index (χ0n) is 9.15. The van der Waals surface area contributed by atoms with Gasteiger partial charge in [0, 0.05) is 0 Å². The third kappa shape index (κ3) is 1.94. The molecular formula is C12H19N. The summed E-state index contributed by atoms with van der Waals surface area (Å²) in [4.78, 5) is 0. The molecule has 1 atom stereocenters. The van der Waals surface area contributed by atoms with Crippen molar-refractivity contribution in [1.29, 1.82) is 5.26 Å². The van der Waals surface area contributed by atoms with Gasteiger partial charge in [-0.1, -0.05) is 39.8 Å². The molecule has 0 bridgehead atoms. The first-order chi connectivity index (χ1) is 5.78. The van der Waals surface area contributed by atoms with Gasteiger partial charge in [0.1, 0.15) is 0 Å². The quantitative estimate of drug-likeness (QED) is 0.519. The van der Waals surface area contributed by atoms with Crippen LogP contribution in [0.5, 0.6) is 0 Å². The summed E-state index contributed by atoms with van der Waals surface area (Å²) in [5.74, 6) is 0.0544. The Morgan fingerprint density at radius 2 is 1.92 bits per heavy atom. The molecule has 1 aliphatic rings. The van der Waals surface area contributed by atoms with Gasteiger partial charge in [0.2, 0.25) is 0 Å². The Hall–Kier alpha value is -0.770. The fourth-order valence-electron chi connectivity index (χ4n) is 2.65. The lowest BCUT2D eigenvalue weighted by Crippen LogP contribution is -2.35. The maximum absolute atomic E-state index is 9.02. The van der Waals surface area contributed by atoms with Crippen LogP contribution in [-0.2, 0) is 0 Å². The number of nitrogens with zero attached hydrogens (tertiary/aromatic N) is 1. The van der Waals surface area contributed by atoms with Gasteiger partial charge in [0.05, 0.1) is 12.0 Å². The van der Waals surface area contributed by atoms with E-state index in [0.717, 1.165) is 18.4 Å². The lowest BCUT2D eigenvalue weighted by molar-refractivity contribution is 0.149. The van der Waals surface area contributed by atoms with E-state index >= 15 is 0 Å². The van der Waals surface area contributed by atoms with Crippen LogP contribution in [0.2, 0.25) is 0 Å². The van der Waals surface area contributed by atoms with Crippen LogP contribution in [0.3, 0.4) is 0 Å². The van der Waals surface area contributed by atoms with Gasteiger partial charge >= 0.3 is 0 Å². The summed E-state index contributed by atoms with van der Waals surface area (Å²) in [6.45, 7) is 12.9. The van der Waals surface area contributed by atoms with Crippen molar-refractivity contribution in [3.05, 3.63) is 12.2 Å². The van der Waals surface area contributed by atoms with Crippen LogP contribution in [0.25, 0.3) is 0 Å². The zero-order valence-corrected chi connectivity index (χ0v) is 9.15. The molecule has 0 aliphatic heterocycles. The summed E-state index contributed by atoms with van der Waals surface area (Å²) in [5, 5.41) is 9.02. The molecule has 1 fully saturated rings. The normalized spacial score (nSPS) is 31.0. The maximum atomic E-state index is 9.02. The van der Waals surface area contributed by atoms with Crippen LogP contribution in [-0.4, -0.2) is 0 Å². The predicted octanol–water partition coefficient (Wildman–Crippen LogP) is 3.53. The van der Waals surface area contributed by atoms with E-state index in [9.17, 15) is 0 Å². The van der Waals surface area contributed by atoms with Gasteiger partial charge in [-0.15, -0.1) is 0 Å². The summed E-state index contributed by atoms with van der Waals surface area (Å²) in [7, 11) is 0. The first kappa shape index (κ1) is 10.3. The van der Waals surface area contributed by atoms with Crippen LogP contribution >= 0.6 is 0 Å². The van der Waals surface area contributed by atoms with E-state index in [0.29, 0.717) is 0 Å². The van der Waals surface area contributed by atoms with E-state index in [1.807, 2.05) is 0 Å². The fraction of sp³-hybridized carbons (Fsp3) is 0.750. The second-order valence-electron chi connectivity index (χ2n) is 5.64. The third-order valence-electron chi connectivity index (χ3n) is 3.12. The minimum atomic E-state index is 0.0544. The molecule has 1 unspecified atom stereocenters. The van der Waals surface area contributed by atoms with Crippen molar-refractivity contribution >= 4 is 0 Å². The average Bonchev–Trinajstić information content (AvgIpc) is 1.95. The molecular weight excluding hydrogens is 158 g/mol. The molecule has 1 aliphatic carbocycles. The lowest BCUT2D eigenvalue weighted by atomic mass is 9.59. The highest BCUT2D eigenvalue weighted by molar-refractivity contribution is 5.22. The predicted molar refractivity (Wildman–Crippen MR) is 55.0 cm³/mol. The van der Waals surface area contributed by atoms with Crippen LogP contribution in [0, 0.1) is 28.1 Å². The van der Waals surface area contributed by atoms with Crippen LogP contribution in [0.1, 0.15) is 40.5 Å². The molecule has 1 saturated carbocycles. The number of allylic oxidation sites excluding steroid dienone is 1. The standard InChI is InChI=1S/C12H19N/c1-9-10(7-13)6-11(2,3)8-12(9,4)5/h10H,1,6,8H2,2-5H3. The van der Waals surface area contributed by atoms with Gasteiger partial charge in [-0.3, -0.25) is 0 Å². The van der Waals surface area contributed by atoms with Crippen molar-refractivity contribution in [2.45, 2.75) is 40.5 Å². The fourth-order valence-corrected chi connectivity index (χ4v) is 2.65. The molecule has 1 nitrogen and oxygen atoms in total. The second kappa shape index (κ2) is 2.87. The van der Waals surface area contributed by atoms with Crippen LogP contribution in [0.15, 0.2) is 12.2 Å². The minimum absolute atomic E-state index is 0.0544. The van der Waals surface area contributed by atoms with Crippen molar-refractivity contribution < 1.29 is 0 Å². The van der Waals surface area contributed by atoms with E-state index in [1.165, 1.54) is 0 Å². The summed E-state index contributed by atoms with van der Waals surface area (Å²) in [5.41, 5.74) is 1.53. The van der Waals surface area contributed by atoms with E-state index in [-0.39, 0.29) is 16.7 Å². The first-order valence-electron chi connectivity index (χ1n) is 4.87. The van der Waals surface area contributed by atoms with Crippen molar-refractivity contribution in [2.24, 2.45) is 16.7 Å². The van der Waals surface area contributed by atoms with E-state index in [1.54, 1.807) is 0 Å². The molecule has 0 aromatic heterocycles. The number of nitriles is 1. The van der Waals surface area contributed by atoms with Gasteiger partial charge < -0.3 is 0 Å². The van der Waals surface area contributed by atoms with E-state index in [4.69, 9.17) is 5.26 Å².